The normalized spacial score (nSPS) is 30.5. The number of hydrogen-bond donors (Lipinski definition) is 1. The highest BCUT2D eigenvalue weighted by Crippen LogP contribution is 2.33. The molecule has 1 heterocycles. The van der Waals surface area contributed by atoms with E-state index in [0.29, 0.717) is 12.0 Å². The molecule has 1 aliphatic carbocycles. The van der Waals surface area contributed by atoms with E-state index in [9.17, 15) is 4.39 Å². The van der Waals surface area contributed by atoms with Gasteiger partial charge in [-0.05, 0) is 30.7 Å². The Labute approximate surface area is 89.9 Å². The average Bonchev–Trinajstić information content (AvgIpc) is 2.50. The van der Waals surface area contributed by atoms with E-state index >= 15 is 0 Å². The highest BCUT2D eigenvalue weighted by atomic mass is 19.1. The molecule has 0 saturated heterocycles. The Morgan fingerprint density at radius 3 is 2.80 bits per heavy atom. The monoisotopic (exact) mass is 208 g/mol. The van der Waals surface area contributed by atoms with Crippen LogP contribution in [0.3, 0.4) is 0 Å². The van der Waals surface area contributed by atoms with Gasteiger partial charge in [-0.25, -0.2) is 4.98 Å². The van der Waals surface area contributed by atoms with E-state index in [4.69, 9.17) is 0 Å². The molecule has 1 aromatic heterocycles. The second kappa shape index (κ2) is 4.17. The van der Waals surface area contributed by atoms with E-state index in [0.717, 1.165) is 11.6 Å². The molecule has 1 fully saturated rings. The maximum Gasteiger partial charge on any atom is 0.214 e. The Kier molecular flexibility index (Phi) is 2.89. The molecule has 0 spiro atoms. The van der Waals surface area contributed by atoms with Crippen LogP contribution in [0, 0.1) is 17.8 Å². The number of anilines is 1. The summed E-state index contributed by atoms with van der Waals surface area (Å²) in [6, 6.07) is 3.75. The largest absolute Gasteiger partial charge is 0.382 e. The molecule has 0 amide bonds. The Balaban J connectivity index is 2.03. The van der Waals surface area contributed by atoms with Crippen molar-refractivity contribution in [3.63, 3.8) is 0 Å². The molecule has 0 aromatic carbocycles. The molecular weight excluding hydrogens is 191 g/mol. The average molecular weight is 208 g/mol. The van der Waals surface area contributed by atoms with E-state index in [1.165, 1.54) is 25.1 Å². The van der Waals surface area contributed by atoms with Crippen LogP contribution >= 0.6 is 0 Å². The Morgan fingerprint density at radius 1 is 1.40 bits per heavy atom. The summed E-state index contributed by atoms with van der Waals surface area (Å²) in [5.41, 5.74) is 0.841. The van der Waals surface area contributed by atoms with Crippen molar-refractivity contribution < 1.29 is 4.39 Å². The minimum Gasteiger partial charge on any atom is -0.382 e. The van der Waals surface area contributed by atoms with Crippen LogP contribution < -0.4 is 5.32 Å². The van der Waals surface area contributed by atoms with Gasteiger partial charge in [0.05, 0.1) is 0 Å². The van der Waals surface area contributed by atoms with Crippen molar-refractivity contribution in [2.45, 2.75) is 32.7 Å². The molecular formula is C12H17FN2. The lowest BCUT2D eigenvalue weighted by molar-refractivity contribution is 0.435. The first-order chi connectivity index (χ1) is 7.16. The van der Waals surface area contributed by atoms with Gasteiger partial charge in [-0.3, -0.25) is 0 Å². The van der Waals surface area contributed by atoms with Crippen LogP contribution in [0.1, 0.15) is 26.7 Å². The summed E-state index contributed by atoms with van der Waals surface area (Å²) in [6.07, 6.45) is 3.93. The van der Waals surface area contributed by atoms with Crippen molar-refractivity contribution in [3.05, 3.63) is 24.3 Å². The predicted octanol–water partition coefficient (Wildman–Crippen LogP) is 3.07. The van der Waals surface area contributed by atoms with Crippen molar-refractivity contribution >= 4 is 5.69 Å². The van der Waals surface area contributed by atoms with Gasteiger partial charge in [0.15, 0.2) is 0 Å². The number of halogens is 1. The second-order valence-corrected chi connectivity index (χ2v) is 4.53. The summed E-state index contributed by atoms with van der Waals surface area (Å²) in [5, 5.41) is 3.38. The number of nitrogens with one attached hydrogen (secondary N) is 1. The van der Waals surface area contributed by atoms with Gasteiger partial charge in [-0.15, -0.1) is 0 Å². The first kappa shape index (κ1) is 10.4. The molecule has 1 saturated carbocycles. The summed E-state index contributed by atoms with van der Waals surface area (Å²) in [6.45, 7) is 4.53. The molecule has 1 aromatic rings. The minimum absolute atomic E-state index is 0.418. The van der Waals surface area contributed by atoms with Crippen molar-refractivity contribution in [1.29, 1.82) is 0 Å². The zero-order valence-electron chi connectivity index (χ0n) is 9.20. The van der Waals surface area contributed by atoms with Crippen molar-refractivity contribution in [2.24, 2.45) is 11.8 Å². The highest BCUT2D eigenvalue weighted by Gasteiger charge is 2.29. The maximum absolute atomic E-state index is 12.9. The van der Waals surface area contributed by atoms with Crippen LogP contribution in [0.4, 0.5) is 10.1 Å². The SMILES string of the molecule is CC1CCC(Nc2ccnc(F)c2)C1C. The van der Waals surface area contributed by atoms with E-state index in [-0.39, 0.29) is 0 Å². The van der Waals surface area contributed by atoms with Crippen LogP contribution in [0.15, 0.2) is 18.3 Å². The third-order valence-electron chi connectivity index (χ3n) is 3.54. The fourth-order valence-corrected chi connectivity index (χ4v) is 2.27. The standard InChI is InChI=1S/C12H17FN2/c1-8-3-4-11(9(8)2)15-10-5-6-14-12(13)7-10/h5-9,11H,3-4H2,1-2H3,(H,14,15). The van der Waals surface area contributed by atoms with Gasteiger partial charge in [0.2, 0.25) is 5.95 Å². The molecule has 15 heavy (non-hydrogen) atoms. The van der Waals surface area contributed by atoms with E-state index in [1.807, 2.05) is 6.07 Å². The number of nitrogens with zero attached hydrogens (tertiary/aromatic N) is 1. The van der Waals surface area contributed by atoms with E-state index in [2.05, 4.69) is 24.1 Å². The first-order valence-electron chi connectivity index (χ1n) is 5.55. The van der Waals surface area contributed by atoms with Crippen LogP contribution in [-0.2, 0) is 0 Å². The van der Waals surface area contributed by atoms with Gasteiger partial charge in [0.25, 0.3) is 0 Å². The lowest BCUT2D eigenvalue weighted by atomic mass is 9.98. The molecule has 82 valence electrons. The van der Waals surface area contributed by atoms with Crippen LogP contribution in [0.2, 0.25) is 0 Å². The van der Waals surface area contributed by atoms with E-state index in [1.54, 1.807) is 0 Å². The second-order valence-electron chi connectivity index (χ2n) is 4.53. The van der Waals surface area contributed by atoms with Gasteiger partial charge in [-0.1, -0.05) is 13.8 Å². The summed E-state index contributed by atoms with van der Waals surface area (Å²) in [7, 11) is 0. The molecule has 3 atom stereocenters. The summed E-state index contributed by atoms with van der Waals surface area (Å²) < 4.78 is 12.9. The smallest absolute Gasteiger partial charge is 0.214 e. The van der Waals surface area contributed by atoms with Gasteiger partial charge in [-0.2, -0.15) is 4.39 Å². The highest BCUT2D eigenvalue weighted by molar-refractivity contribution is 5.42. The topological polar surface area (TPSA) is 24.9 Å². The fourth-order valence-electron chi connectivity index (χ4n) is 2.27. The Bertz CT molecular complexity index is 340. The molecule has 1 aliphatic rings. The lowest BCUT2D eigenvalue weighted by Gasteiger charge is -2.20. The number of rotatable bonds is 2. The van der Waals surface area contributed by atoms with Gasteiger partial charge >= 0.3 is 0 Å². The lowest BCUT2D eigenvalue weighted by Crippen LogP contribution is -2.24. The third kappa shape index (κ3) is 2.28. The Hall–Kier alpha value is -1.12. The number of hydrogen-bond acceptors (Lipinski definition) is 2. The molecule has 0 radical (unpaired) electrons. The van der Waals surface area contributed by atoms with Gasteiger partial charge in [0, 0.05) is 24.0 Å². The number of pyridine rings is 1. The fraction of sp³-hybridized carbons (Fsp3) is 0.583. The molecule has 3 unspecified atom stereocenters. The number of aromatic nitrogens is 1. The molecule has 1 N–H and O–H groups in total. The van der Waals surface area contributed by atoms with Crippen molar-refractivity contribution in [2.75, 3.05) is 5.32 Å². The summed E-state index contributed by atoms with van der Waals surface area (Å²) in [4.78, 5) is 3.54. The molecule has 2 rings (SSSR count). The van der Waals surface area contributed by atoms with Crippen LogP contribution in [-0.4, -0.2) is 11.0 Å². The van der Waals surface area contributed by atoms with Crippen LogP contribution in [0.5, 0.6) is 0 Å². The summed E-state index contributed by atoms with van der Waals surface area (Å²) >= 11 is 0. The molecule has 2 nitrogen and oxygen atoms in total. The van der Waals surface area contributed by atoms with Crippen LogP contribution in [0.25, 0.3) is 0 Å². The van der Waals surface area contributed by atoms with Crippen molar-refractivity contribution in [3.8, 4) is 0 Å². The van der Waals surface area contributed by atoms with Crippen molar-refractivity contribution in [1.82, 2.24) is 4.98 Å². The first-order valence-corrected chi connectivity index (χ1v) is 5.55. The maximum atomic E-state index is 12.9. The molecule has 3 heteroatoms. The molecule has 0 bridgehead atoms. The zero-order chi connectivity index (χ0) is 10.8. The predicted molar refractivity (Wildman–Crippen MR) is 59.2 cm³/mol. The quantitative estimate of drug-likeness (QED) is 0.755. The zero-order valence-corrected chi connectivity index (χ0v) is 9.20. The van der Waals surface area contributed by atoms with Gasteiger partial charge < -0.3 is 5.32 Å². The minimum atomic E-state index is -0.418. The third-order valence-corrected chi connectivity index (χ3v) is 3.54. The Morgan fingerprint density at radius 2 is 2.20 bits per heavy atom. The van der Waals surface area contributed by atoms with Gasteiger partial charge in [0.1, 0.15) is 0 Å². The van der Waals surface area contributed by atoms with E-state index < -0.39 is 5.95 Å². The molecule has 0 aliphatic heterocycles. The summed E-state index contributed by atoms with van der Waals surface area (Å²) in [5.74, 6) is 0.995.